The molecule has 1 N–H and O–H groups in total. The number of aromatic nitrogens is 1. The highest BCUT2D eigenvalue weighted by molar-refractivity contribution is 5.38. The van der Waals surface area contributed by atoms with Crippen molar-refractivity contribution in [2.24, 2.45) is 5.92 Å². The standard InChI is InChI=1S/C17H20F3NO2/c1-4-13-10-14(15(22)21-11(13)3)16(23-5-2,17(18,19)20)9-8-12-6-7-12/h10,12H,4-7H2,1-3H3,(H,21,22)/t16-/m0/s1. The summed E-state index contributed by atoms with van der Waals surface area (Å²) < 4.78 is 46.6. The molecule has 2 rings (SSSR count). The molecule has 0 aliphatic heterocycles. The van der Waals surface area contributed by atoms with Crippen molar-refractivity contribution in [3.8, 4) is 11.8 Å². The lowest BCUT2D eigenvalue weighted by atomic mass is 9.91. The maximum atomic E-state index is 13.9. The summed E-state index contributed by atoms with van der Waals surface area (Å²) >= 11 is 0. The highest BCUT2D eigenvalue weighted by Gasteiger charge is 2.58. The molecule has 1 heterocycles. The van der Waals surface area contributed by atoms with E-state index in [4.69, 9.17) is 4.74 Å². The lowest BCUT2D eigenvalue weighted by Gasteiger charge is -2.30. The van der Waals surface area contributed by atoms with Gasteiger partial charge in [-0.3, -0.25) is 4.79 Å². The Morgan fingerprint density at radius 3 is 2.48 bits per heavy atom. The Hall–Kier alpha value is -1.74. The second-order valence-corrected chi connectivity index (χ2v) is 5.67. The largest absolute Gasteiger partial charge is 0.433 e. The molecule has 0 bridgehead atoms. The van der Waals surface area contributed by atoms with Gasteiger partial charge in [-0.1, -0.05) is 18.8 Å². The molecule has 0 aromatic carbocycles. The Labute approximate surface area is 133 Å². The van der Waals surface area contributed by atoms with Crippen molar-refractivity contribution in [1.82, 2.24) is 4.98 Å². The summed E-state index contributed by atoms with van der Waals surface area (Å²) in [6, 6.07) is 1.28. The molecule has 0 unspecified atom stereocenters. The number of hydrogen-bond acceptors (Lipinski definition) is 2. The van der Waals surface area contributed by atoms with E-state index in [9.17, 15) is 18.0 Å². The minimum Gasteiger partial charge on any atom is -0.350 e. The first-order valence-corrected chi connectivity index (χ1v) is 7.71. The molecule has 1 atom stereocenters. The van der Waals surface area contributed by atoms with Crippen molar-refractivity contribution in [2.45, 2.75) is 51.8 Å². The van der Waals surface area contributed by atoms with Gasteiger partial charge in [-0.15, -0.1) is 0 Å². The molecular formula is C17H20F3NO2. The fraction of sp³-hybridized carbons (Fsp3) is 0.588. The topological polar surface area (TPSA) is 42.1 Å². The van der Waals surface area contributed by atoms with E-state index in [1.165, 1.54) is 13.0 Å². The van der Waals surface area contributed by atoms with Crippen molar-refractivity contribution in [3.05, 3.63) is 33.2 Å². The highest BCUT2D eigenvalue weighted by Crippen LogP contribution is 2.41. The van der Waals surface area contributed by atoms with Gasteiger partial charge in [-0.2, -0.15) is 13.2 Å². The first-order chi connectivity index (χ1) is 10.7. The third kappa shape index (κ3) is 3.45. The number of aryl methyl sites for hydroxylation is 2. The van der Waals surface area contributed by atoms with E-state index in [0.29, 0.717) is 17.7 Å². The van der Waals surface area contributed by atoms with Gasteiger partial charge in [-0.05, 0) is 44.7 Å². The van der Waals surface area contributed by atoms with Crippen molar-refractivity contribution in [2.75, 3.05) is 6.61 Å². The van der Waals surface area contributed by atoms with Gasteiger partial charge in [-0.25, -0.2) is 0 Å². The number of ether oxygens (including phenoxy) is 1. The molecular weight excluding hydrogens is 307 g/mol. The van der Waals surface area contributed by atoms with E-state index in [2.05, 4.69) is 16.8 Å². The zero-order valence-electron chi connectivity index (χ0n) is 13.4. The van der Waals surface area contributed by atoms with Crippen LogP contribution in [0.2, 0.25) is 0 Å². The molecule has 1 aliphatic rings. The molecule has 0 amide bonds. The van der Waals surface area contributed by atoms with E-state index in [1.807, 2.05) is 6.92 Å². The van der Waals surface area contributed by atoms with Crippen LogP contribution in [0.3, 0.4) is 0 Å². The minimum atomic E-state index is -4.81. The van der Waals surface area contributed by atoms with E-state index in [-0.39, 0.29) is 12.5 Å². The smallest absolute Gasteiger partial charge is 0.350 e. The average Bonchev–Trinajstić information content (AvgIpc) is 3.27. The molecule has 1 aliphatic carbocycles. The summed E-state index contributed by atoms with van der Waals surface area (Å²) in [5.41, 5.74) is -2.97. The summed E-state index contributed by atoms with van der Waals surface area (Å²) in [5.74, 6) is 4.83. The highest BCUT2D eigenvalue weighted by atomic mass is 19.4. The molecule has 1 aromatic heterocycles. The van der Waals surface area contributed by atoms with Crippen LogP contribution in [-0.2, 0) is 16.8 Å². The summed E-state index contributed by atoms with van der Waals surface area (Å²) in [5, 5.41) is 0. The van der Waals surface area contributed by atoms with Gasteiger partial charge in [0.05, 0.1) is 5.56 Å². The minimum absolute atomic E-state index is 0.0349. The Morgan fingerprint density at radius 2 is 2.00 bits per heavy atom. The average molecular weight is 327 g/mol. The Balaban J connectivity index is 2.70. The zero-order chi connectivity index (χ0) is 17.3. The lowest BCUT2D eigenvalue weighted by Crippen LogP contribution is -2.47. The molecule has 1 aromatic rings. The van der Waals surface area contributed by atoms with Crippen LogP contribution in [0, 0.1) is 24.7 Å². The monoisotopic (exact) mass is 327 g/mol. The van der Waals surface area contributed by atoms with Crippen LogP contribution in [0.4, 0.5) is 13.2 Å². The molecule has 6 heteroatoms. The van der Waals surface area contributed by atoms with Gasteiger partial charge in [0, 0.05) is 18.2 Å². The Kier molecular flexibility index (Phi) is 4.90. The molecule has 0 spiro atoms. The zero-order valence-corrected chi connectivity index (χ0v) is 13.4. The molecule has 23 heavy (non-hydrogen) atoms. The van der Waals surface area contributed by atoms with Crippen LogP contribution in [0.5, 0.6) is 0 Å². The Bertz CT molecular complexity index is 693. The molecule has 1 saturated carbocycles. The number of nitrogens with one attached hydrogen (secondary N) is 1. The fourth-order valence-electron chi connectivity index (χ4n) is 2.43. The van der Waals surface area contributed by atoms with E-state index >= 15 is 0 Å². The lowest BCUT2D eigenvalue weighted by molar-refractivity contribution is -0.258. The predicted molar refractivity (Wildman–Crippen MR) is 81.0 cm³/mol. The molecule has 0 saturated heterocycles. The molecule has 1 fully saturated rings. The van der Waals surface area contributed by atoms with Gasteiger partial charge in [0.15, 0.2) is 0 Å². The SMILES string of the molecule is CCO[C@@](C#CC1CC1)(c1cc(CC)c(C)[nH]c1=O)C(F)(F)F. The number of alkyl halides is 3. The quantitative estimate of drug-likeness (QED) is 0.861. The fourth-order valence-corrected chi connectivity index (χ4v) is 2.43. The number of hydrogen-bond donors (Lipinski definition) is 1. The second-order valence-electron chi connectivity index (χ2n) is 5.67. The predicted octanol–water partition coefficient (Wildman–Crippen LogP) is 3.45. The summed E-state index contributed by atoms with van der Waals surface area (Å²) in [4.78, 5) is 14.7. The first kappa shape index (κ1) is 17.6. The van der Waals surface area contributed by atoms with Gasteiger partial charge in [0.2, 0.25) is 0 Å². The van der Waals surface area contributed by atoms with E-state index in [1.54, 1.807) is 6.92 Å². The van der Waals surface area contributed by atoms with Crippen molar-refractivity contribution in [1.29, 1.82) is 0 Å². The normalized spacial score (nSPS) is 17.3. The van der Waals surface area contributed by atoms with Gasteiger partial charge < -0.3 is 9.72 Å². The number of halogens is 3. The maximum Gasteiger partial charge on any atom is 0.433 e. The van der Waals surface area contributed by atoms with Crippen molar-refractivity contribution in [3.63, 3.8) is 0 Å². The van der Waals surface area contributed by atoms with Crippen LogP contribution in [-0.4, -0.2) is 17.8 Å². The number of rotatable bonds is 4. The maximum absolute atomic E-state index is 13.9. The van der Waals surface area contributed by atoms with Crippen molar-refractivity contribution < 1.29 is 17.9 Å². The van der Waals surface area contributed by atoms with Crippen molar-refractivity contribution >= 4 is 0 Å². The second kappa shape index (κ2) is 6.40. The first-order valence-electron chi connectivity index (χ1n) is 7.71. The molecule has 0 radical (unpaired) electrons. The summed E-state index contributed by atoms with van der Waals surface area (Å²) in [6.07, 6.45) is -2.72. The number of pyridine rings is 1. The van der Waals surface area contributed by atoms with Crippen LogP contribution in [0.15, 0.2) is 10.9 Å². The molecule has 3 nitrogen and oxygen atoms in total. The van der Waals surface area contributed by atoms with E-state index < -0.39 is 22.9 Å². The van der Waals surface area contributed by atoms with Crippen LogP contribution in [0.25, 0.3) is 0 Å². The number of H-pyrrole nitrogens is 1. The van der Waals surface area contributed by atoms with Crippen LogP contribution in [0.1, 0.15) is 43.5 Å². The van der Waals surface area contributed by atoms with Gasteiger partial charge in [0.1, 0.15) is 0 Å². The Morgan fingerprint density at radius 1 is 1.35 bits per heavy atom. The summed E-state index contributed by atoms with van der Waals surface area (Å²) in [6.45, 7) is 4.74. The van der Waals surface area contributed by atoms with E-state index in [0.717, 1.165) is 12.8 Å². The van der Waals surface area contributed by atoms with Gasteiger partial charge >= 0.3 is 6.18 Å². The summed E-state index contributed by atoms with van der Waals surface area (Å²) in [7, 11) is 0. The third-order valence-corrected chi connectivity index (χ3v) is 3.90. The van der Waals surface area contributed by atoms with Crippen LogP contribution >= 0.6 is 0 Å². The van der Waals surface area contributed by atoms with Crippen LogP contribution < -0.4 is 5.56 Å². The third-order valence-electron chi connectivity index (χ3n) is 3.90. The molecule has 126 valence electrons. The number of aromatic amines is 1. The van der Waals surface area contributed by atoms with Gasteiger partial charge in [0.25, 0.3) is 11.2 Å².